The van der Waals surface area contributed by atoms with Crippen molar-refractivity contribution in [3.8, 4) is 5.75 Å². The second-order valence-corrected chi connectivity index (χ2v) is 6.82. The van der Waals surface area contributed by atoms with E-state index in [1.807, 2.05) is 25.1 Å². The highest BCUT2D eigenvalue weighted by molar-refractivity contribution is 5.51. The van der Waals surface area contributed by atoms with Crippen molar-refractivity contribution in [3.63, 3.8) is 0 Å². The topological polar surface area (TPSA) is 53.5 Å². The maximum atomic E-state index is 5.24. The van der Waals surface area contributed by atoms with Crippen LogP contribution in [0.1, 0.15) is 26.0 Å². The summed E-state index contributed by atoms with van der Waals surface area (Å²) in [5.74, 6) is 2.63. The largest absolute Gasteiger partial charge is 0.497 e. The number of rotatable bonds is 6. The molecule has 3 rings (SSSR count). The van der Waals surface area contributed by atoms with Gasteiger partial charge in [0, 0.05) is 49.7 Å². The number of piperazine rings is 1. The van der Waals surface area contributed by atoms with Crippen LogP contribution in [0.3, 0.4) is 0 Å². The maximum Gasteiger partial charge on any atom is 0.227 e. The summed E-state index contributed by atoms with van der Waals surface area (Å²) in [6.07, 6.45) is 1.07. The van der Waals surface area contributed by atoms with Gasteiger partial charge in [0.15, 0.2) is 0 Å². The molecule has 1 atom stereocenters. The van der Waals surface area contributed by atoms with Crippen LogP contribution >= 0.6 is 0 Å². The SMILES string of the molecule is CCC(C)Nc1cc(C)nc(N2CCN(c3ccc(OC)cc3)CC2)n1. The first-order valence-electron chi connectivity index (χ1n) is 9.35. The van der Waals surface area contributed by atoms with E-state index in [9.17, 15) is 0 Å². The molecule has 1 aliphatic heterocycles. The molecule has 1 saturated heterocycles. The number of hydrogen-bond donors (Lipinski definition) is 1. The first-order valence-corrected chi connectivity index (χ1v) is 9.35. The molecule has 1 aromatic carbocycles. The molecule has 1 aliphatic rings. The Bertz CT molecular complexity index is 711. The van der Waals surface area contributed by atoms with Gasteiger partial charge < -0.3 is 19.9 Å². The number of methoxy groups -OCH3 is 1. The minimum absolute atomic E-state index is 0.407. The van der Waals surface area contributed by atoms with Gasteiger partial charge in [0.25, 0.3) is 0 Å². The van der Waals surface area contributed by atoms with Crippen LogP contribution in [0.4, 0.5) is 17.5 Å². The maximum absolute atomic E-state index is 5.24. The van der Waals surface area contributed by atoms with Crippen LogP contribution in [-0.2, 0) is 0 Å². The van der Waals surface area contributed by atoms with Crippen molar-refractivity contribution in [2.45, 2.75) is 33.2 Å². The zero-order valence-electron chi connectivity index (χ0n) is 16.2. The van der Waals surface area contributed by atoms with Crippen LogP contribution < -0.4 is 19.9 Å². The Morgan fingerprint density at radius 2 is 1.73 bits per heavy atom. The standard InChI is InChI=1S/C20H29N5O/c1-5-15(2)21-19-14-16(3)22-20(23-19)25-12-10-24(11-13-25)17-6-8-18(26-4)9-7-17/h6-9,14-15H,5,10-13H2,1-4H3,(H,21,22,23). The smallest absolute Gasteiger partial charge is 0.227 e. The van der Waals surface area contributed by atoms with Gasteiger partial charge in [-0.25, -0.2) is 4.98 Å². The van der Waals surface area contributed by atoms with Crippen LogP contribution in [0, 0.1) is 6.92 Å². The minimum Gasteiger partial charge on any atom is -0.497 e. The van der Waals surface area contributed by atoms with Crippen LogP contribution in [0.5, 0.6) is 5.75 Å². The molecule has 1 unspecified atom stereocenters. The van der Waals surface area contributed by atoms with Gasteiger partial charge in [0.2, 0.25) is 5.95 Å². The molecule has 2 aromatic rings. The second kappa shape index (κ2) is 8.25. The molecule has 0 bridgehead atoms. The number of benzene rings is 1. The predicted octanol–water partition coefficient (Wildman–Crippen LogP) is 3.33. The Morgan fingerprint density at radius 1 is 1.08 bits per heavy atom. The van der Waals surface area contributed by atoms with Gasteiger partial charge in [-0.1, -0.05) is 6.92 Å². The van der Waals surface area contributed by atoms with E-state index in [1.54, 1.807) is 7.11 Å². The number of aryl methyl sites for hydroxylation is 1. The van der Waals surface area contributed by atoms with Crippen LogP contribution in [0.15, 0.2) is 30.3 Å². The number of anilines is 3. The fraction of sp³-hybridized carbons (Fsp3) is 0.500. The first kappa shape index (κ1) is 18.3. The van der Waals surface area contributed by atoms with E-state index in [1.165, 1.54) is 5.69 Å². The van der Waals surface area contributed by atoms with Crippen molar-refractivity contribution >= 4 is 17.5 Å². The summed E-state index contributed by atoms with van der Waals surface area (Å²) in [5, 5.41) is 3.46. The molecule has 1 aromatic heterocycles. The van der Waals surface area contributed by atoms with Crippen LogP contribution in [0.25, 0.3) is 0 Å². The van der Waals surface area contributed by atoms with Gasteiger partial charge in [-0.15, -0.1) is 0 Å². The molecule has 0 saturated carbocycles. The Hall–Kier alpha value is -2.50. The molecule has 6 heteroatoms. The molecule has 140 valence electrons. The summed E-state index contributed by atoms with van der Waals surface area (Å²) in [7, 11) is 1.69. The van der Waals surface area contributed by atoms with E-state index in [4.69, 9.17) is 9.72 Å². The lowest BCUT2D eigenvalue weighted by Crippen LogP contribution is -2.47. The van der Waals surface area contributed by atoms with Crippen molar-refractivity contribution in [2.24, 2.45) is 0 Å². The molecular weight excluding hydrogens is 326 g/mol. The van der Waals surface area contributed by atoms with E-state index in [2.05, 4.69) is 46.1 Å². The lowest BCUT2D eigenvalue weighted by Gasteiger charge is -2.36. The summed E-state index contributed by atoms with van der Waals surface area (Å²) in [6.45, 7) is 10.1. The summed E-state index contributed by atoms with van der Waals surface area (Å²) in [6, 6.07) is 10.7. The third-order valence-electron chi connectivity index (χ3n) is 4.85. The van der Waals surface area contributed by atoms with Crippen molar-refractivity contribution in [3.05, 3.63) is 36.0 Å². The fourth-order valence-electron chi connectivity index (χ4n) is 3.08. The molecule has 2 heterocycles. The average molecular weight is 355 g/mol. The van der Waals surface area contributed by atoms with Crippen molar-refractivity contribution in [2.75, 3.05) is 48.4 Å². The molecule has 0 aliphatic carbocycles. The molecule has 0 amide bonds. The van der Waals surface area contributed by atoms with E-state index in [0.717, 1.165) is 55.8 Å². The third kappa shape index (κ3) is 4.36. The van der Waals surface area contributed by atoms with Gasteiger partial charge in [0.1, 0.15) is 11.6 Å². The lowest BCUT2D eigenvalue weighted by atomic mass is 10.2. The molecule has 1 N–H and O–H groups in total. The number of hydrogen-bond acceptors (Lipinski definition) is 6. The number of nitrogens with one attached hydrogen (secondary N) is 1. The fourth-order valence-corrected chi connectivity index (χ4v) is 3.08. The summed E-state index contributed by atoms with van der Waals surface area (Å²) in [5.41, 5.74) is 2.23. The van der Waals surface area contributed by atoms with Crippen LogP contribution in [0.2, 0.25) is 0 Å². The van der Waals surface area contributed by atoms with E-state index < -0.39 is 0 Å². The van der Waals surface area contributed by atoms with Gasteiger partial charge >= 0.3 is 0 Å². The molecular formula is C20H29N5O. The highest BCUT2D eigenvalue weighted by Crippen LogP contribution is 2.22. The van der Waals surface area contributed by atoms with Crippen molar-refractivity contribution in [1.82, 2.24) is 9.97 Å². The Balaban J connectivity index is 1.65. The zero-order valence-corrected chi connectivity index (χ0v) is 16.2. The molecule has 0 spiro atoms. The zero-order chi connectivity index (χ0) is 18.5. The van der Waals surface area contributed by atoms with Gasteiger partial charge in [-0.05, 0) is 44.5 Å². The monoisotopic (exact) mass is 355 g/mol. The Morgan fingerprint density at radius 3 is 2.35 bits per heavy atom. The Labute approximate surface area is 156 Å². The first-order chi connectivity index (χ1) is 12.6. The van der Waals surface area contributed by atoms with Gasteiger partial charge in [-0.3, -0.25) is 0 Å². The van der Waals surface area contributed by atoms with Gasteiger partial charge in [-0.2, -0.15) is 4.98 Å². The molecule has 0 radical (unpaired) electrons. The minimum atomic E-state index is 0.407. The highest BCUT2D eigenvalue weighted by Gasteiger charge is 2.20. The summed E-state index contributed by atoms with van der Waals surface area (Å²) < 4.78 is 5.24. The van der Waals surface area contributed by atoms with E-state index in [0.29, 0.717) is 6.04 Å². The molecule has 26 heavy (non-hydrogen) atoms. The molecule has 1 fully saturated rings. The Kier molecular flexibility index (Phi) is 5.81. The quantitative estimate of drug-likeness (QED) is 0.858. The predicted molar refractivity (Wildman–Crippen MR) is 108 cm³/mol. The highest BCUT2D eigenvalue weighted by atomic mass is 16.5. The normalized spacial score (nSPS) is 15.7. The summed E-state index contributed by atoms with van der Waals surface area (Å²) in [4.78, 5) is 14.1. The number of nitrogens with zero attached hydrogens (tertiary/aromatic N) is 4. The van der Waals surface area contributed by atoms with Crippen molar-refractivity contribution < 1.29 is 4.74 Å². The van der Waals surface area contributed by atoms with E-state index in [-0.39, 0.29) is 0 Å². The van der Waals surface area contributed by atoms with Crippen molar-refractivity contribution in [1.29, 1.82) is 0 Å². The number of aromatic nitrogens is 2. The number of ether oxygens (including phenoxy) is 1. The van der Waals surface area contributed by atoms with E-state index >= 15 is 0 Å². The summed E-state index contributed by atoms with van der Waals surface area (Å²) >= 11 is 0. The second-order valence-electron chi connectivity index (χ2n) is 6.82. The van der Waals surface area contributed by atoms with Gasteiger partial charge in [0.05, 0.1) is 7.11 Å². The lowest BCUT2D eigenvalue weighted by molar-refractivity contribution is 0.415. The van der Waals surface area contributed by atoms with Crippen LogP contribution in [-0.4, -0.2) is 49.3 Å². The third-order valence-corrected chi connectivity index (χ3v) is 4.85. The average Bonchev–Trinajstić information content (AvgIpc) is 2.67. The molecule has 6 nitrogen and oxygen atoms in total.